The van der Waals surface area contributed by atoms with E-state index in [0.29, 0.717) is 11.4 Å². The number of nitrogens with one attached hydrogen (secondary N) is 1. The number of nitrogens with zero attached hydrogens (tertiary/aromatic N) is 2. The summed E-state index contributed by atoms with van der Waals surface area (Å²) >= 11 is 0. The first-order chi connectivity index (χ1) is 12.3. The maximum atomic E-state index is 9.27. The number of pyridine rings is 1. The van der Waals surface area contributed by atoms with Crippen molar-refractivity contribution in [3.63, 3.8) is 0 Å². The summed E-state index contributed by atoms with van der Waals surface area (Å²) in [7, 11) is 0. The van der Waals surface area contributed by atoms with Crippen LogP contribution in [0.1, 0.15) is 37.0 Å². The highest BCUT2D eigenvalue weighted by Crippen LogP contribution is 2.28. The lowest BCUT2D eigenvalue weighted by molar-refractivity contribution is -0.0739. The molecule has 1 aromatic heterocycles. The molecule has 0 aliphatic carbocycles. The molecule has 5 nitrogen and oxygen atoms in total. The molecule has 0 saturated carbocycles. The largest absolute Gasteiger partial charge is 0.381 e. The Morgan fingerprint density at radius 1 is 1.20 bits per heavy atom. The highest BCUT2D eigenvalue weighted by Gasteiger charge is 2.26. The van der Waals surface area contributed by atoms with E-state index in [4.69, 9.17) is 9.47 Å². The van der Waals surface area contributed by atoms with Gasteiger partial charge in [0, 0.05) is 19.4 Å². The minimum absolute atomic E-state index is 0.0350. The smallest absolute Gasteiger partial charge is 0.144 e. The van der Waals surface area contributed by atoms with E-state index in [9.17, 15) is 5.26 Å². The fourth-order valence-corrected chi connectivity index (χ4v) is 3.05. The van der Waals surface area contributed by atoms with Crippen LogP contribution < -0.4 is 5.32 Å². The first-order valence-electron chi connectivity index (χ1n) is 8.67. The van der Waals surface area contributed by atoms with Gasteiger partial charge in [-0.3, -0.25) is 0 Å². The van der Waals surface area contributed by atoms with Crippen LogP contribution in [-0.4, -0.2) is 30.3 Å². The van der Waals surface area contributed by atoms with Crippen molar-refractivity contribution >= 4 is 5.82 Å². The van der Waals surface area contributed by atoms with Gasteiger partial charge in [0.2, 0.25) is 0 Å². The van der Waals surface area contributed by atoms with Gasteiger partial charge in [0.05, 0.1) is 17.7 Å². The molecule has 1 fully saturated rings. The SMILES string of the molecule is CC(Nc1ncccc1C#N)C(OC1CCOCC1)c1ccccc1. The lowest BCUT2D eigenvalue weighted by Crippen LogP contribution is -2.33. The van der Waals surface area contributed by atoms with E-state index in [1.54, 1.807) is 18.3 Å². The Kier molecular flexibility index (Phi) is 5.99. The molecule has 2 aromatic rings. The maximum Gasteiger partial charge on any atom is 0.144 e. The van der Waals surface area contributed by atoms with Crippen molar-refractivity contribution in [2.24, 2.45) is 0 Å². The quantitative estimate of drug-likeness (QED) is 0.871. The standard InChI is InChI=1S/C20H23N3O2/c1-15(23-20-17(14-21)8-5-11-22-20)19(16-6-3-2-4-7-16)25-18-9-12-24-13-10-18/h2-8,11,15,18-19H,9-10,12-13H2,1H3,(H,22,23). The zero-order valence-electron chi connectivity index (χ0n) is 14.4. The summed E-state index contributed by atoms with van der Waals surface area (Å²) in [6, 6.07) is 15.9. The molecular weight excluding hydrogens is 314 g/mol. The van der Waals surface area contributed by atoms with Crippen LogP contribution in [0.25, 0.3) is 0 Å². The highest BCUT2D eigenvalue weighted by atomic mass is 16.5. The second-order valence-electron chi connectivity index (χ2n) is 6.22. The van der Waals surface area contributed by atoms with Crippen molar-refractivity contribution in [1.82, 2.24) is 4.98 Å². The molecule has 25 heavy (non-hydrogen) atoms. The van der Waals surface area contributed by atoms with Gasteiger partial charge in [0.1, 0.15) is 18.0 Å². The molecule has 0 bridgehead atoms. The molecule has 3 rings (SSSR count). The van der Waals surface area contributed by atoms with Crippen molar-refractivity contribution in [1.29, 1.82) is 5.26 Å². The van der Waals surface area contributed by atoms with Crippen LogP contribution in [0.5, 0.6) is 0 Å². The maximum absolute atomic E-state index is 9.27. The van der Waals surface area contributed by atoms with Crippen molar-refractivity contribution in [3.05, 3.63) is 59.8 Å². The van der Waals surface area contributed by atoms with Gasteiger partial charge in [-0.25, -0.2) is 4.98 Å². The van der Waals surface area contributed by atoms with Gasteiger partial charge in [-0.1, -0.05) is 30.3 Å². The predicted octanol–water partition coefficient (Wildman–Crippen LogP) is 3.69. The number of ether oxygens (including phenoxy) is 2. The van der Waals surface area contributed by atoms with Gasteiger partial charge < -0.3 is 14.8 Å². The van der Waals surface area contributed by atoms with Gasteiger partial charge in [-0.15, -0.1) is 0 Å². The molecule has 1 aliphatic rings. The number of rotatable bonds is 6. The summed E-state index contributed by atoms with van der Waals surface area (Å²) in [6.45, 7) is 3.55. The number of nitriles is 1. The number of anilines is 1. The number of hydrogen-bond acceptors (Lipinski definition) is 5. The van der Waals surface area contributed by atoms with Gasteiger partial charge in [-0.2, -0.15) is 5.26 Å². The monoisotopic (exact) mass is 337 g/mol. The molecule has 5 heteroatoms. The molecule has 0 amide bonds. The Morgan fingerprint density at radius 3 is 2.68 bits per heavy atom. The van der Waals surface area contributed by atoms with Gasteiger partial charge >= 0.3 is 0 Å². The van der Waals surface area contributed by atoms with Crippen LogP contribution in [-0.2, 0) is 9.47 Å². The Labute approximate surface area is 148 Å². The predicted molar refractivity (Wildman–Crippen MR) is 96.1 cm³/mol. The Balaban J connectivity index is 1.79. The number of benzene rings is 1. The van der Waals surface area contributed by atoms with Crippen LogP contribution in [0.2, 0.25) is 0 Å². The van der Waals surface area contributed by atoms with E-state index in [1.165, 1.54) is 0 Å². The fourth-order valence-electron chi connectivity index (χ4n) is 3.05. The van der Waals surface area contributed by atoms with E-state index in [1.807, 2.05) is 18.2 Å². The Morgan fingerprint density at radius 2 is 1.96 bits per heavy atom. The molecule has 1 aliphatic heterocycles. The second-order valence-corrected chi connectivity index (χ2v) is 6.22. The van der Waals surface area contributed by atoms with Crippen LogP contribution in [0.15, 0.2) is 48.7 Å². The zero-order valence-corrected chi connectivity index (χ0v) is 14.4. The molecule has 130 valence electrons. The molecule has 1 N–H and O–H groups in total. The summed E-state index contributed by atoms with van der Waals surface area (Å²) < 4.78 is 11.9. The highest BCUT2D eigenvalue weighted by molar-refractivity contribution is 5.52. The van der Waals surface area contributed by atoms with E-state index >= 15 is 0 Å². The molecule has 1 aromatic carbocycles. The van der Waals surface area contributed by atoms with Crippen molar-refractivity contribution in [2.75, 3.05) is 18.5 Å². The summed E-state index contributed by atoms with van der Waals surface area (Å²) in [4.78, 5) is 4.30. The third-order valence-electron chi connectivity index (χ3n) is 4.38. The zero-order chi connectivity index (χ0) is 17.5. The minimum Gasteiger partial charge on any atom is -0.381 e. The van der Waals surface area contributed by atoms with Gasteiger partial charge in [0.25, 0.3) is 0 Å². The van der Waals surface area contributed by atoms with Gasteiger partial charge in [0.15, 0.2) is 0 Å². The van der Waals surface area contributed by atoms with Gasteiger partial charge in [-0.05, 0) is 37.5 Å². The van der Waals surface area contributed by atoms with Crippen LogP contribution >= 0.6 is 0 Å². The summed E-state index contributed by atoms with van der Waals surface area (Å²) in [5.74, 6) is 0.592. The third-order valence-corrected chi connectivity index (χ3v) is 4.38. The van der Waals surface area contributed by atoms with E-state index in [0.717, 1.165) is 31.6 Å². The summed E-state index contributed by atoms with van der Waals surface area (Å²) in [5, 5.41) is 12.6. The van der Waals surface area contributed by atoms with E-state index in [2.05, 4.69) is 35.4 Å². The average molecular weight is 337 g/mol. The number of aromatic nitrogens is 1. The summed E-state index contributed by atoms with van der Waals surface area (Å²) in [5.41, 5.74) is 1.65. The van der Waals surface area contributed by atoms with Crippen LogP contribution in [0, 0.1) is 11.3 Å². The molecule has 2 heterocycles. The molecule has 0 radical (unpaired) electrons. The first-order valence-corrected chi connectivity index (χ1v) is 8.67. The molecule has 0 spiro atoms. The third kappa shape index (κ3) is 4.56. The lowest BCUT2D eigenvalue weighted by Gasteiger charge is -2.32. The fraction of sp³-hybridized carbons (Fsp3) is 0.400. The minimum atomic E-state index is -0.127. The Hall–Kier alpha value is -2.42. The molecule has 1 saturated heterocycles. The topological polar surface area (TPSA) is 67.2 Å². The molecular formula is C20H23N3O2. The first kappa shape index (κ1) is 17.4. The normalized spacial score (nSPS) is 17.4. The lowest BCUT2D eigenvalue weighted by atomic mass is 10.0. The average Bonchev–Trinajstić information content (AvgIpc) is 2.68. The van der Waals surface area contributed by atoms with Crippen LogP contribution in [0.4, 0.5) is 5.82 Å². The molecule has 2 unspecified atom stereocenters. The van der Waals surface area contributed by atoms with E-state index < -0.39 is 0 Å². The number of hydrogen-bond donors (Lipinski definition) is 1. The van der Waals surface area contributed by atoms with Crippen molar-refractivity contribution in [3.8, 4) is 6.07 Å². The second kappa shape index (κ2) is 8.61. The van der Waals surface area contributed by atoms with E-state index in [-0.39, 0.29) is 18.2 Å². The van der Waals surface area contributed by atoms with Crippen LogP contribution in [0.3, 0.4) is 0 Å². The molecule has 2 atom stereocenters. The summed E-state index contributed by atoms with van der Waals surface area (Å²) in [6.07, 6.45) is 3.55. The Bertz CT molecular complexity index is 708. The van der Waals surface area contributed by atoms with Crippen molar-refractivity contribution < 1.29 is 9.47 Å². The van der Waals surface area contributed by atoms with Crippen molar-refractivity contribution in [2.45, 2.75) is 38.0 Å².